The lowest BCUT2D eigenvalue weighted by atomic mass is 10.1. The molecule has 1 unspecified atom stereocenters. The van der Waals surface area contributed by atoms with Gasteiger partial charge in [0.25, 0.3) is 5.91 Å². The summed E-state index contributed by atoms with van der Waals surface area (Å²) in [6.45, 7) is 6.33. The fourth-order valence-corrected chi connectivity index (χ4v) is 2.35. The molecule has 5 heteroatoms. The Labute approximate surface area is 132 Å². The quantitative estimate of drug-likeness (QED) is 0.775. The van der Waals surface area contributed by atoms with Crippen LogP contribution in [0.3, 0.4) is 0 Å². The summed E-state index contributed by atoms with van der Waals surface area (Å²) in [5.74, 6) is 0.516. The van der Waals surface area contributed by atoms with E-state index in [2.05, 4.69) is 19.2 Å². The van der Waals surface area contributed by atoms with E-state index in [1.54, 1.807) is 13.0 Å². The Morgan fingerprint density at radius 1 is 1.38 bits per heavy atom. The Balaban J connectivity index is 2.76. The van der Waals surface area contributed by atoms with Crippen molar-refractivity contribution in [3.8, 4) is 5.75 Å². The molecule has 0 bridgehead atoms. The number of halogens is 1. The molecule has 1 amide bonds. The van der Waals surface area contributed by atoms with Gasteiger partial charge in [-0.25, -0.2) is 0 Å². The second-order valence-electron chi connectivity index (χ2n) is 5.04. The minimum atomic E-state index is -0.569. The highest BCUT2D eigenvalue weighted by molar-refractivity contribution is 6.31. The minimum Gasteiger partial charge on any atom is -0.481 e. The number of benzene rings is 1. The van der Waals surface area contributed by atoms with Gasteiger partial charge in [-0.1, -0.05) is 31.5 Å². The number of nitrogens with two attached hydrogens (primary N) is 1. The molecule has 0 fully saturated rings. The molecule has 0 radical (unpaired) electrons. The molecule has 0 aliphatic rings. The summed E-state index contributed by atoms with van der Waals surface area (Å²) < 4.78 is 5.78. The SMILES string of the molecule is CCC(CC)NC(=O)C(C)Oc1cccc(Cl)c1CCN. The third-order valence-electron chi connectivity index (χ3n) is 3.48. The van der Waals surface area contributed by atoms with Crippen molar-refractivity contribution in [1.82, 2.24) is 5.32 Å². The summed E-state index contributed by atoms with van der Waals surface area (Å²) in [7, 11) is 0. The van der Waals surface area contributed by atoms with Crippen LogP contribution in [0, 0.1) is 0 Å². The van der Waals surface area contributed by atoms with Crippen molar-refractivity contribution in [2.24, 2.45) is 5.73 Å². The molecule has 0 heterocycles. The van der Waals surface area contributed by atoms with Crippen LogP contribution in [0.2, 0.25) is 5.02 Å². The molecule has 0 aromatic heterocycles. The van der Waals surface area contributed by atoms with E-state index in [-0.39, 0.29) is 11.9 Å². The Kier molecular flexibility index (Phi) is 7.54. The zero-order valence-electron chi connectivity index (χ0n) is 13.0. The molecule has 0 saturated carbocycles. The fourth-order valence-electron chi connectivity index (χ4n) is 2.09. The molecular formula is C16H25ClN2O2. The van der Waals surface area contributed by atoms with E-state index < -0.39 is 6.10 Å². The predicted octanol–water partition coefficient (Wildman–Crippen LogP) is 2.91. The number of nitrogens with one attached hydrogen (secondary N) is 1. The van der Waals surface area contributed by atoms with E-state index in [0.29, 0.717) is 23.7 Å². The zero-order valence-corrected chi connectivity index (χ0v) is 13.7. The van der Waals surface area contributed by atoms with Crippen molar-refractivity contribution >= 4 is 17.5 Å². The third kappa shape index (κ3) is 5.21. The van der Waals surface area contributed by atoms with Gasteiger partial charge < -0.3 is 15.8 Å². The first kappa shape index (κ1) is 17.8. The van der Waals surface area contributed by atoms with Gasteiger partial charge in [-0.05, 0) is 44.9 Å². The maximum Gasteiger partial charge on any atom is 0.260 e. The van der Waals surface area contributed by atoms with Gasteiger partial charge in [0, 0.05) is 16.6 Å². The maximum absolute atomic E-state index is 12.1. The van der Waals surface area contributed by atoms with Crippen molar-refractivity contribution in [3.05, 3.63) is 28.8 Å². The number of rotatable bonds is 8. The first-order valence-electron chi connectivity index (χ1n) is 7.47. The molecule has 21 heavy (non-hydrogen) atoms. The van der Waals surface area contributed by atoms with E-state index in [0.717, 1.165) is 18.4 Å². The van der Waals surface area contributed by atoms with Crippen LogP contribution in [-0.4, -0.2) is 24.6 Å². The van der Waals surface area contributed by atoms with Crippen molar-refractivity contribution < 1.29 is 9.53 Å². The third-order valence-corrected chi connectivity index (χ3v) is 3.83. The Hall–Kier alpha value is -1.26. The summed E-state index contributed by atoms with van der Waals surface area (Å²) in [5, 5.41) is 3.60. The van der Waals surface area contributed by atoms with Gasteiger partial charge in [0.2, 0.25) is 0 Å². The van der Waals surface area contributed by atoms with Crippen LogP contribution in [-0.2, 0) is 11.2 Å². The van der Waals surface area contributed by atoms with E-state index in [4.69, 9.17) is 22.1 Å². The van der Waals surface area contributed by atoms with Crippen LogP contribution in [0.25, 0.3) is 0 Å². The van der Waals surface area contributed by atoms with E-state index >= 15 is 0 Å². The molecule has 1 rings (SSSR count). The molecule has 1 atom stereocenters. The van der Waals surface area contributed by atoms with E-state index in [1.165, 1.54) is 0 Å². The van der Waals surface area contributed by atoms with Crippen LogP contribution < -0.4 is 15.8 Å². The van der Waals surface area contributed by atoms with Gasteiger partial charge in [0.1, 0.15) is 5.75 Å². The summed E-state index contributed by atoms with van der Waals surface area (Å²) in [4.78, 5) is 12.1. The smallest absolute Gasteiger partial charge is 0.260 e. The van der Waals surface area contributed by atoms with Crippen LogP contribution in [0.15, 0.2) is 18.2 Å². The highest BCUT2D eigenvalue weighted by Crippen LogP contribution is 2.27. The highest BCUT2D eigenvalue weighted by atomic mass is 35.5. The fraction of sp³-hybridized carbons (Fsp3) is 0.562. The topological polar surface area (TPSA) is 64.3 Å². The monoisotopic (exact) mass is 312 g/mol. The number of hydrogen-bond donors (Lipinski definition) is 2. The van der Waals surface area contributed by atoms with Crippen LogP contribution in [0.4, 0.5) is 0 Å². The first-order chi connectivity index (χ1) is 10.0. The van der Waals surface area contributed by atoms with Gasteiger partial charge in [0.05, 0.1) is 0 Å². The largest absolute Gasteiger partial charge is 0.481 e. The molecule has 1 aromatic rings. The second kappa shape index (κ2) is 8.90. The van der Waals surface area contributed by atoms with Gasteiger partial charge in [-0.3, -0.25) is 4.79 Å². The summed E-state index contributed by atoms with van der Waals surface area (Å²) >= 11 is 6.16. The molecule has 0 aliphatic heterocycles. The van der Waals surface area contributed by atoms with Crippen molar-refractivity contribution in [1.29, 1.82) is 0 Å². The average Bonchev–Trinajstić information content (AvgIpc) is 2.48. The van der Waals surface area contributed by atoms with Crippen molar-refractivity contribution in [2.45, 2.75) is 52.2 Å². The Morgan fingerprint density at radius 3 is 2.62 bits per heavy atom. The van der Waals surface area contributed by atoms with E-state index in [9.17, 15) is 4.79 Å². The summed E-state index contributed by atoms with van der Waals surface area (Å²) in [6, 6.07) is 5.61. The molecule has 1 aromatic carbocycles. The molecule has 0 saturated heterocycles. The standard InChI is InChI=1S/C16H25ClN2O2/c1-4-12(5-2)19-16(20)11(3)21-15-8-6-7-14(17)13(15)9-10-18/h6-8,11-12H,4-5,9-10,18H2,1-3H3,(H,19,20). The van der Waals surface area contributed by atoms with E-state index in [1.807, 2.05) is 12.1 Å². The lowest BCUT2D eigenvalue weighted by Gasteiger charge is -2.21. The first-order valence-corrected chi connectivity index (χ1v) is 7.85. The van der Waals surface area contributed by atoms with Gasteiger partial charge in [-0.15, -0.1) is 0 Å². The summed E-state index contributed by atoms with van der Waals surface area (Å²) in [6.07, 6.45) is 1.87. The lowest BCUT2D eigenvalue weighted by Crippen LogP contribution is -2.42. The second-order valence-corrected chi connectivity index (χ2v) is 5.44. The van der Waals surface area contributed by atoms with Crippen LogP contribution in [0.1, 0.15) is 39.2 Å². The number of carbonyl (C=O) groups is 1. The normalized spacial score (nSPS) is 12.3. The van der Waals surface area contributed by atoms with Crippen LogP contribution in [0.5, 0.6) is 5.75 Å². The van der Waals surface area contributed by atoms with Crippen molar-refractivity contribution in [2.75, 3.05) is 6.54 Å². The average molecular weight is 313 g/mol. The summed E-state index contributed by atoms with van der Waals surface area (Å²) in [5.41, 5.74) is 6.45. The Morgan fingerprint density at radius 2 is 2.05 bits per heavy atom. The minimum absolute atomic E-state index is 0.109. The Bertz CT molecular complexity index is 462. The van der Waals surface area contributed by atoms with Gasteiger partial charge in [-0.2, -0.15) is 0 Å². The van der Waals surface area contributed by atoms with Gasteiger partial charge >= 0.3 is 0 Å². The highest BCUT2D eigenvalue weighted by Gasteiger charge is 2.19. The number of amides is 1. The number of carbonyl (C=O) groups excluding carboxylic acids is 1. The molecule has 0 spiro atoms. The van der Waals surface area contributed by atoms with Crippen LogP contribution >= 0.6 is 11.6 Å². The molecular weight excluding hydrogens is 288 g/mol. The predicted molar refractivity (Wildman–Crippen MR) is 86.8 cm³/mol. The molecule has 3 N–H and O–H groups in total. The van der Waals surface area contributed by atoms with Gasteiger partial charge in [0.15, 0.2) is 6.10 Å². The maximum atomic E-state index is 12.1. The molecule has 118 valence electrons. The molecule has 4 nitrogen and oxygen atoms in total. The number of hydrogen-bond acceptors (Lipinski definition) is 3. The lowest BCUT2D eigenvalue weighted by molar-refractivity contribution is -0.128. The number of ether oxygens (including phenoxy) is 1. The zero-order chi connectivity index (χ0) is 15.8. The van der Waals surface area contributed by atoms with Crippen molar-refractivity contribution in [3.63, 3.8) is 0 Å². The molecule has 0 aliphatic carbocycles.